The number of hydrogen-bond acceptors (Lipinski definition) is 3. The van der Waals surface area contributed by atoms with Crippen LogP contribution in [-0.4, -0.2) is 17.2 Å². The van der Waals surface area contributed by atoms with Crippen LogP contribution in [0.3, 0.4) is 0 Å². The summed E-state index contributed by atoms with van der Waals surface area (Å²) in [6.45, 7) is 0. The summed E-state index contributed by atoms with van der Waals surface area (Å²) in [5.74, 6) is -12.1. The van der Waals surface area contributed by atoms with Crippen LogP contribution >= 0.6 is 0 Å². The highest BCUT2D eigenvalue weighted by Crippen LogP contribution is 2.26. The topological polar surface area (TPSA) is 69.4 Å². The van der Waals surface area contributed by atoms with Crippen LogP contribution in [0.15, 0.2) is 29.2 Å². The van der Waals surface area contributed by atoms with Gasteiger partial charge in [0.05, 0.1) is 29.2 Å². The molecule has 2 rings (SSSR count). The number of methoxy groups -OCH3 is 1. The molecule has 1 atom stereocenters. The molecule has 0 aliphatic rings. The van der Waals surface area contributed by atoms with Gasteiger partial charge in [-0.05, 0) is 23.8 Å². The number of carbonyl (C=O) groups excluding carboxylic acids is 1. The highest BCUT2D eigenvalue weighted by molar-refractivity contribution is 7.89. The van der Waals surface area contributed by atoms with Crippen molar-refractivity contribution in [2.75, 3.05) is 7.11 Å². The van der Waals surface area contributed by atoms with Crippen molar-refractivity contribution in [2.45, 2.75) is 5.75 Å². The highest BCUT2D eigenvalue weighted by atomic mass is 32.2. The van der Waals surface area contributed by atoms with E-state index in [0.717, 1.165) is 0 Å². The van der Waals surface area contributed by atoms with Crippen LogP contribution in [0.4, 0.5) is 22.0 Å². The first-order valence-electron chi connectivity index (χ1n) is 7.21. The predicted octanol–water partition coefficient (Wildman–Crippen LogP) is 3.17. The van der Waals surface area contributed by atoms with E-state index in [0.29, 0.717) is 17.4 Å². The number of hydrogen-bond donors (Lipinski definition) is 1. The minimum atomic E-state index is -2.35. The van der Waals surface area contributed by atoms with E-state index in [1.807, 2.05) is 0 Å². The summed E-state index contributed by atoms with van der Waals surface area (Å²) in [4.78, 5) is 10.7. The van der Waals surface area contributed by atoms with Crippen molar-refractivity contribution < 1.29 is 35.7 Å². The molecular formula is C17H12F5NO3S. The van der Waals surface area contributed by atoms with Gasteiger partial charge in [-0.3, -0.25) is 9.00 Å². The molecule has 10 heteroatoms. The predicted molar refractivity (Wildman–Crippen MR) is 88.2 cm³/mol. The zero-order chi connectivity index (χ0) is 20.3. The smallest absolute Gasteiger partial charge is 0.257 e. The minimum absolute atomic E-state index is 0.284. The van der Waals surface area contributed by atoms with Crippen molar-refractivity contribution in [3.63, 3.8) is 0 Å². The molecule has 0 aromatic heterocycles. The van der Waals surface area contributed by atoms with Gasteiger partial charge in [0.1, 0.15) is 10.7 Å². The first-order chi connectivity index (χ1) is 12.7. The van der Waals surface area contributed by atoms with Crippen molar-refractivity contribution in [2.24, 2.45) is 5.73 Å². The molecule has 1 amide bonds. The lowest BCUT2D eigenvalue weighted by Crippen LogP contribution is -2.19. The molecule has 0 radical (unpaired) electrons. The average molecular weight is 405 g/mol. The van der Waals surface area contributed by atoms with Gasteiger partial charge in [0.25, 0.3) is 5.91 Å². The van der Waals surface area contributed by atoms with Crippen molar-refractivity contribution >= 4 is 22.8 Å². The third-order valence-electron chi connectivity index (χ3n) is 3.46. The monoisotopic (exact) mass is 405 g/mol. The molecule has 0 fully saturated rings. The van der Waals surface area contributed by atoms with E-state index in [1.54, 1.807) is 12.1 Å². The first kappa shape index (κ1) is 20.6. The quantitative estimate of drug-likeness (QED) is 0.347. The largest absolute Gasteiger partial charge is 0.497 e. The zero-order valence-corrected chi connectivity index (χ0v) is 14.5. The normalized spacial score (nSPS) is 12.7. The maximum absolute atomic E-state index is 13.8. The molecule has 0 bridgehead atoms. The van der Waals surface area contributed by atoms with E-state index >= 15 is 0 Å². The Morgan fingerprint density at radius 2 is 1.48 bits per heavy atom. The molecule has 4 nitrogen and oxygen atoms in total. The van der Waals surface area contributed by atoms with Gasteiger partial charge in [0.2, 0.25) is 5.82 Å². The van der Waals surface area contributed by atoms with E-state index in [9.17, 15) is 31.0 Å². The lowest BCUT2D eigenvalue weighted by atomic mass is 10.1. The first-order valence-corrected chi connectivity index (χ1v) is 8.53. The number of ether oxygens (including phenoxy) is 1. The van der Waals surface area contributed by atoms with E-state index in [4.69, 9.17) is 10.5 Å². The third-order valence-corrected chi connectivity index (χ3v) is 4.87. The Bertz CT molecular complexity index is 916. The van der Waals surface area contributed by atoms with Crippen LogP contribution in [-0.2, 0) is 21.3 Å². The minimum Gasteiger partial charge on any atom is -0.497 e. The second-order valence-corrected chi connectivity index (χ2v) is 6.61. The van der Waals surface area contributed by atoms with Crippen LogP contribution in [0.5, 0.6) is 5.75 Å². The van der Waals surface area contributed by atoms with Gasteiger partial charge in [-0.1, -0.05) is 12.1 Å². The molecule has 0 spiro atoms. The van der Waals surface area contributed by atoms with Crippen LogP contribution in [0.25, 0.3) is 6.08 Å². The lowest BCUT2D eigenvalue weighted by Gasteiger charge is -2.08. The van der Waals surface area contributed by atoms with Crippen molar-refractivity contribution in [1.29, 1.82) is 0 Å². The number of primary amides is 1. The van der Waals surface area contributed by atoms with Gasteiger partial charge in [-0.2, -0.15) is 0 Å². The zero-order valence-electron chi connectivity index (χ0n) is 13.7. The molecule has 1 unspecified atom stereocenters. The second-order valence-electron chi connectivity index (χ2n) is 5.19. The molecule has 2 aromatic rings. The Balaban J connectivity index is 2.45. The number of carbonyl (C=O) groups is 1. The third kappa shape index (κ3) is 4.33. The van der Waals surface area contributed by atoms with Crippen LogP contribution in [0, 0.1) is 29.1 Å². The lowest BCUT2D eigenvalue weighted by molar-refractivity contribution is -0.113. The standard InChI is InChI=1S/C17H12F5NO3S/c1-26-9-4-2-8(3-5-9)7-27(25)11(17(23)24)6-10-12(18)14(20)16(22)15(21)13(10)19/h2-6H,7H2,1H3,(H2,23,24)/b11-6-. The molecule has 0 saturated heterocycles. The number of benzene rings is 2. The Morgan fingerprint density at radius 1 is 1.00 bits per heavy atom. The number of amides is 1. The average Bonchev–Trinajstić information content (AvgIpc) is 2.65. The fourth-order valence-corrected chi connectivity index (χ4v) is 3.20. The summed E-state index contributed by atoms with van der Waals surface area (Å²) >= 11 is 0. The summed E-state index contributed by atoms with van der Waals surface area (Å²) in [5, 5.41) is 0. The summed E-state index contributed by atoms with van der Waals surface area (Å²) < 4.78 is 84.5. The number of nitrogens with two attached hydrogens (primary N) is 1. The fourth-order valence-electron chi connectivity index (χ4n) is 2.08. The van der Waals surface area contributed by atoms with Crippen LogP contribution in [0.2, 0.25) is 0 Å². The SMILES string of the molecule is COc1ccc(CS(=O)/C(=C\c2c(F)c(F)c(F)c(F)c2F)C(N)=O)cc1. The van der Waals surface area contributed by atoms with Gasteiger partial charge in [-0.25, -0.2) is 22.0 Å². The van der Waals surface area contributed by atoms with E-state index in [2.05, 4.69) is 0 Å². The highest BCUT2D eigenvalue weighted by Gasteiger charge is 2.26. The molecule has 0 aliphatic carbocycles. The molecule has 0 heterocycles. The molecule has 27 heavy (non-hydrogen) atoms. The number of rotatable bonds is 6. The second kappa shape index (κ2) is 8.30. The Labute approximate surface area is 152 Å². The Hall–Kier alpha value is -2.75. The molecule has 2 aromatic carbocycles. The Kier molecular flexibility index (Phi) is 6.32. The van der Waals surface area contributed by atoms with Gasteiger partial charge < -0.3 is 10.5 Å². The Morgan fingerprint density at radius 3 is 1.93 bits per heavy atom. The van der Waals surface area contributed by atoms with Crippen LogP contribution < -0.4 is 10.5 Å². The van der Waals surface area contributed by atoms with Gasteiger partial charge in [-0.15, -0.1) is 0 Å². The summed E-state index contributed by atoms with van der Waals surface area (Å²) in [5.41, 5.74) is 4.12. The van der Waals surface area contributed by atoms with E-state index in [1.165, 1.54) is 19.2 Å². The van der Waals surface area contributed by atoms with Crippen molar-refractivity contribution in [1.82, 2.24) is 0 Å². The summed E-state index contributed by atoms with van der Waals surface area (Å²) in [6, 6.07) is 6.13. The van der Waals surface area contributed by atoms with Crippen molar-refractivity contribution in [3.05, 3.63) is 69.4 Å². The summed E-state index contributed by atoms with van der Waals surface area (Å²) in [6.07, 6.45) is 0.304. The maximum atomic E-state index is 13.8. The van der Waals surface area contributed by atoms with E-state index < -0.39 is 56.3 Å². The van der Waals surface area contributed by atoms with E-state index in [-0.39, 0.29) is 5.75 Å². The molecule has 2 N–H and O–H groups in total. The molecular weight excluding hydrogens is 393 g/mol. The van der Waals surface area contributed by atoms with Gasteiger partial charge in [0, 0.05) is 0 Å². The molecule has 144 valence electrons. The fraction of sp³-hybridized carbons (Fsp3) is 0.118. The number of halogens is 5. The van der Waals surface area contributed by atoms with Gasteiger partial charge in [0.15, 0.2) is 23.3 Å². The maximum Gasteiger partial charge on any atom is 0.257 e. The molecule has 0 aliphatic heterocycles. The van der Waals surface area contributed by atoms with Gasteiger partial charge >= 0.3 is 0 Å². The summed E-state index contributed by atoms with van der Waals surface area (Å²) in [7, 11) is -0.774. The molecule has 0 saturated carbocycles. The van der Waals surface area contributed by atoms with Crippen molar-refractivity contribution in [3.8, 4) is 5.75 Å². The van der Waals surface area contributed by atoms with Crippen LogP contribution in [0.1, 0.15) is 11.1 Å².